The van der Waals surface area contributed by atoms with Crippen LogP contribution in [-0.4, -0.2) is 68.9 Å². The first-order valence-corrected chi connectivity index (χ1v) is 6.45. The third kappa shape index (κ3) is 2.84. The van der Waals surface area contributed by atoms with E-state index >= 15 is 0 Å². The van der Waals surface area contributed by atoms with Crippen molar-refractivity contribution >= 4 is 23.8 Å². The second-order valence-electron chi connectivity index (χ2n) is 4.12. The van der Waals surface area contributed by atoms with Crippen LogP contribution in [0, 0.1) is 0 Å². The highest BCUT2D eigenvalue weighted by molar-refractivity contribution is 8.00. The summed E-state index contributed by atoms with van der Waals surface area (Å²) in [6, 6.07) is -1.46. The van der Waals surface area contributed by atoms with E-state index in [4.69, 9.17) is 10.2 Å². The highest BCUT2D eigenvalue weighted by atomic mass is 32.2. The Kier molecular flexibility index (Phi) is 4.64. The van der Waals surface area contributed by atoms with E-state index in [0.717, 1.165) is 0 Å². The molecule has 0 aromatic heterocycles. The molecule has 1 fully saturated rings. The number of thioether (sulfide) groups is 1. The predicted molar refractivity (Wildman–Crippen MR) is 64.9 cm³/mol. The number of carboxylic acid groups (broad SMARTS) is 1. The molecule has 1 aliphatic heterocycles. The van der Waals surface area contributed by atoms with Crippen LogP contribution in [0.2, 0.25) is 0 Å². The summed E-state index contributed by atoms with van der Waals surface area (Å²) in [7, 11) is 1.57. The van der Waals surface area contributed by atoms with Crippen molar-refractivity contribution in [3.05, 3.63) is 0 Å². The fraction of sp³-hybridized carbons (Fsp3) is 0.800. The lowest BCUT2D eigenvalue weighted by Crippen LogP contribution is -2.52. The molecule has 0 aromatic rings. The van der Waals surface area contributed by atoms with Gasteiger partial charge in [-0.15, -0.1) is 11.8 Å². The van der Waals surface area contributed by atoms with Crippen molar-refractivity contribution in [3.8, 4) is 0 Å². The predicted octanol–water partition coefficient (Wildman–Crippen LogP) is 0.267. The minimum atomic E-state index is -0.986. The Morgan fingerprint density at radius 3 is 2.65 bits per heavy atom. The molecule has 3 unspecified atom stereocenters. The van der Waals surface area contributed by atoms with Gasteiger partial charge in [-0.05, 0) is 13.8 Å². The zero-order chi connectivity index (χ0) is 13.2. The number of aliphatic hydroxyl groups is 1. The summed E-state index contributed by atoms with van der Waals surface area (Å²) >= 11 is 1.44. The van der Waals surface area contributed by atoms with E-state index in [1.54, 1.807) is 14.0 Å². The molecule has 1 heterocycles. The first kappa shape index (κ1) is 14.1. The minimum absolute atomic E-state index is 0.144. The van der Waals surface area contributed by atoms with Gasteiger partial charge in [0.1, 0.15) is 6.04 Å². The summed E-state index contributed by atoms with van der Waals surface area (Å²) < 4.78 is 0. The molecule has 0 aliphatic carbocycles. The second kappa shape index (κ2) is 5.59. The Bertz CT molecular complexity index is 313. The first-order valence-electron chi connectivity index (χ1n) is 5.40. The van der Waals surface area contributed by atoms with Crippen LogP contribution in [0.15, 0.2) is 0 Å². The molecule has 98 valence electrons. The van der Waals surface area contributed by atoms with Crippen molar-refractivity contribution in [1.82, 2.24) is 9.80 Å². The van der Waals surface area contributed by atoms with Crippen LogP contribution >= 0.6 is 11.8 Å². The second-order valence-corrected chi connectivity index (χ2v) is 5.47. The quantitative estimate of drug-likeness (QED) is 0.763. The van der Waals surface area contributed by atoms with Gasteiger partial charge in [-0.1, -0.05) is 0 Å². The zero-order valence-electron chi connectivity index (χ0n) is 10.2. The van der Waals surface area contributed by atoms with Gasteiger partial charge in [0.05, 0.1) is 18.0 Å². The van der Waals surface area contributed by atoms with Crippen LogP contribution in [-0.2, 0) is 4.79 Å². The Balaban J connectivity index is 2.82. The third-order valence-corrected chi connectivity index (χ3v) is 4.17. The van der Waals surface area contributed by atoms with E-state index in [1.165, 1.54) is 21.6 Å². The number of carboxylic acids is 1. The number of carbonyl (C=O) groups excluding carboxylic acids is 1. The number of amides is 2. The minimum Gasteiger partial charge on any atom is -0.480 e. The first-order chi connectivity index (χ1) is 7.90. The summed E-state index contributed by atoms with van der Waals surface area (Å²) in [4.78, 5) is 25.9. The van der Waals surface area contributed by atoms with Crippen molar-refractivity contribution in [2.75, 3.05) is 19.4 Å². The van der Waals surface area contributed by atoms with E-state index in [9.17, 15) is 9.59 Å². The fourth-order valence-corrected chi connectivity index (χ4v) is 2.78. The molecular formula is C10H18N2O4S. The monoisotopic (exact) mass is 262 g/mol. The molecular weight excluding hydrogens is 244 g/mol. The summed E-state index contributed by atoms with van der Waals surface area (Å²) in [5.41, 5.74) is 0. The zero-order valence-corrected chi connectivity index (χ0v) is 11.0. The highest BCUT2D eigenvalue weighted by Gasteiger charge is 2.41. The number of nitrogens with zero attached hydrogens (tertiary/aromatic N) is 2. The Hall–Kier alpha value is -0.950. The topological polar surface area (TPSA) is 81.1 Å². The highest BCUT2D eigenvalue weighted by Crippen LogP contribution is 2.29. The number of likely N-dealkylation sites (N-methyl/N-ethyl adjacent to an activating group) is 1. The van der Waals surface area contributed by atoms with Crippen LogP contribution in [0.5, 0.6) is 0 Å². The van der Waals surface area contributed by atoms with Gasteiger partial charge in [0, 0.05) is 12.8 Å². The van der Waals surface area contributed by atoms with Crippen LogP contribution in [0.25, 0.3) is 0 Å². The van der Waals surface area contributed by atoms with Crippen LogP contribution in [0.1, 0.15) is 13.8 Å². The Morgan fingerprint density at radius 1 is 1.59 bits per heavy atom. The molecule has 6 nitrogen and oxygen atoms in total. The van der Waals surface area contributed by atoms with E-state index in [-0.39, 0.29) is 24.1 Å². The van der Waals surface area contributed by atoms with E-state index in [0.29, 0.717) is 5.75 Å². The van der Waals surface area contributed by atoms with Crippen molar-refractivity contribution < 1.29 is 19.8 Å². The summed E-state index contributed by atoms with van der Waals surface area (Å²) in [6.45, 7) is 3.37. The Labute approximate surface area is 105 Å². The number of urea groups is 1. The molecule has 1 aliphatic rings. The van der Waals surface area contributed by atoms with Crippen molar-refractivity contribution in [3.63, 3.8) is 0 Å². The lowest BCUT2D eigenvalue weighted by molar-refractivity contribution is -0.141. The maximum Gasteiger partial charge on any atom is 0.327 e. The standard InChI is InChI=1S/C10H18N2O4S/c1-6(4-13)11(3)10(16)12-7(2)17-5-8(12)9(14)15/h6-8,13H,4-5H2,1-3H3,(H,14,15). The average Bonchev–Trinajstić information content (AvgIpc) is 2.68. The lowest BCUT2D eigenvalue weighted by Gasteiger charge is -2.32. The van der Waals surface area contributed by atoms with Gasteiger partial charge in [0.2, 0.25) is 0 Å². The van der Waals surface area contributed by atoms with Crippen LogP contribution < -0.4 is 0 Å². The summed E-state index contributed by atoms with van der Waals surface area (Å²) in [5, 5.41) is 17.9. The SMILES string of the molecule is CC(CO)N(C)C(=O)N1C(C)SCC1C(=O)O. The fourth-order valence-electron chi connectivity index (χ4n) is 1.62. The third-order valence-electron chi connectivity index (χ3n) is 2.96. The maximum atomic E-state index is 12.1. The van der Waals surface area contributed by atoms with Crippen molar-refractivity contribution in [1.29, 1.82) is 0 Å². The van der Waals surface area contributed by atoms with Crippen molar-refractivity contribution in [2.24, 2.45) is 0 Å². The van der Waals surface area contributed by atoms with E-state index in [1.807, 2.05) is 6.92 Å². The molecule has 17 heavy (non-hydrogen) atoms. The number of aliphatic hydroxyl groups excluding tert-OH is 1. The Morgan fingerprint density at radius 2 is 2.18 bits per heavy atom. The molecule has 0 aromatic carbocycles. The molecule has 3 atom stereocenters. The van der Waals surface area contributed by atoms with Gasteiger partial charge in [0.25, 0.3) is 0 Å². The summed E-state index contributed by atoms with van der Waals surface area (Å²) in [5.74, 6) is -0.580. The molecule has 0 bridgehead atoms. The van der Waals surface area contributed by atoms with Gasteiger partial charge >= 0.3 is 12.0 Å². The molecule has 7 heteroatoms. The van der Waals surface area contributed by atoms with Crippen LogP contribution in [0.3, 0.4) is 0 Å². The van der Waals surface area contributed by atoms with Gasteiger partial charge < -0.3 is 15.1 Å². The molecule has 0 saturated carbocycles. The van der Waals surface area contributed by atoms with Gasteiger partial charge in [-0.2, -0.15) is 0 Å². The van der Waals surface area contributed by atoms with Gasteiger partial charge in [-0.3, -0.25) is 4.90 Å². The number of rotatable bonds is 3. The van der Waals surface area contributed by atoms with Gasteiger partial charge in [0.15, 0.2) is 0 Å². The largest absolute Gasteiger partial charge is 0.480 e. The van der Waals surface area contributed by atoms with E-state index in [2.05, 4.69) is 0 Å². The van der Waals surface area contributed by atoms with Crippen molar-refractivity contribution in [2.45, 2.75) is 31.3 Å². The molecule has 0 radical (unpaired) electrons. The maximum absolute atomic E-state index is 12.1. The molecule has 1 rings (SSSR count). The summed E-state index contributed by atoms with van der Waals surface area (Å²) in [6.07, 6.45) is 0. The molecule has 1 saturated heterocycles. The lowest BCUT2D eigenvalue weighted by atomic mass is 10.2. The molecule has 0 spiro atoms. The number of aliphatic carboxylic acids is 1. The number of hydrogen-bond acceptors (Lipinski definition) is 4. The smallest absolute Gasteiger partial charge is 0.327 e. The normalized spacial score (nSPS) is 25.8. The van der Waals surface area contributed by atoms with Crippen LogP contribution in [0.4, 0.5) is 4.79 Å². The molecule has 2 N–H and O–H groups in total. The van der Waals surface area contributed by atoms with E-state index < -0.39 is 12.0 Å². The number of carbonyl (C=O) groups is 2. The average molecular weight is 262 g/mol. The number of hydrogen-bond donors (Lipinski definition) is 2. The molecule has 2 amide bonds. The van der Waals surface area contributed by atoms with Gasteiger partial charge in [-0.25, -0.2) is 9.59 Å².